The van der Waals surface area contributed by atoms with Crippen molar-refractivity contribution in [3.8, 4) is 0 Å². The fourth-order valence-corrected chi connectivity index (χ4v) is 2.15. The van der Waals surface area contributed by atoms with Gasteiger partial charge in [0.2, 0.25) is 5.95 Å². The molecule has 0 radical (unpaired) electrons. The lowest BCUT2D eigenvalue weighted by atomic mass is 10.3. The van der Waals surface area contributed by atoms with Gasteiger partial charge in [-0.3, -0.25) is 4.90 Å². The number of piperazine rings is 1. The zero-order valence-corrected chi connectivity index (χ0v) is 12.0. The molecule has 0 saturated carbocycles. The van der Waals surface area contributed by atoms with Crippen LogP contribution in [0.25, 0.3) is 0 Å². The summed E-state index contributed by atoms with van der Waals surface area (Å²) in [5, 5.41) is 0. The highest BCUT2D eigenvalue weighted by Gasteiger charge is 2.18. The van der Waals surface area contributed by atoms with Gasteiger partial charge in [-0.2, -0.15) is 0 Å². The summed E-state index contributed by atoms with van der Waals surface area (Å²) in [6.07, 6.45) is 5.09. The standard InChI is InChI=1S/C14H22N4O2/c1-13-11-15-14(16-12-13)18-5-3-17(4-6-18)7-10-20-9-2-8-19/h8,11-12H,2-7,9-10H2,1H3. The van der Waals surface area contributed by atoms with E-state index < -0.39 is 0 Å². The fraction of sp³-hybridized carbons (Fsp3) is 0.643. The van der Waals surface area contributed by atoms with Crippen LogP contribution in [0.4, 0.5) is 5.95 Å². The molecule has 0 unspecified atom stereocenters. The van der Waals surface area contributed by atoms with Gasteiger partial charge >= 0.3 is 0 Å². The number of hydrogen-bond acceptors (Lipinski definition) is 6. The van der Waals surface area contributed by atoms with E-state index in [4.69, 9.17) is 4.74 Å². The predicted molar refractivity (Wildman–Crippen MR) is 76.9 cm³/mol. The molecule has 1 saturated heterocycles. The van der Waals surface area contributed by atoms with Crippen molar-refractivity contribution in [1.82, 2.24) is 14.9 Å². The number of nitrogens with zero attached hydrogens (tertiary/aromatic N) is 4. The van der Waals surface area contributed by atoms with E-state index in [1.807, 2.05) is 19.3 Å². The summed E-state index contributed by atoms with van der Waals surface area (Å²) >= 11 is 0. The molecule has 110 valence electrons. The molecule has 1 aliphatic heterocycles. The van der Waals surface area contributed by atoms with Crippen LogP contribution in [-0.2, 0) is 9.53 Å². The molecule has 2 heterocycles. The van der Waals surface area contributed by atoms with E-state index in [9.17, 15) is 4.79 Å². The minimum absolute atomic E-state index is 0.485. The maximum Gasteiger partial charge on any atom is 0.225 e. The first-order valence-corrected chi connectivity index (χ1v) is 7.07. The molecule has 6 nitrogen and oxygen atoms in total. The largest absolute Gasteiger partial charge is 0.380 e. The maximum absolute atomic E-state index is 10.2. The summed E-state index contributed by atoms with van der Waals surface area (Å²) in [7, 11) is 0. The number of aldehydes is 1. The Balaban J connectivity index is 1.67. The minimum Gasteiger partial charge on any atom is -0.380 e. The van der Waals surface area contributed by atoms with Crippen molar-refractivity contribution in [3.63, 3.8) is 0 Å². The second-order valence-electron chi connectivity index (χ2n) is 4.96. The van der Waals surface area contributed by atoms with E-state index in [1.54, 1.807) is 0 Å². The lowest BCUT2D eigenvalue weighted by Crippen LogP contribution is -2.47. The van der Waals surface area contributed by atoms with Crippen molar-refractivity contribution in [3.05, 3.63) is 18.0 Å². The molecule has 1 aliphatic rings. The summed E-state index contributed by atoms with van der Waals surface area (Å²) in [4.78, 5) is 23.5. The Morgan fingerprint density at radius 1 is 1.20 bits per heavy atom. The third-order valence-electron chi connectivity index (χ3n) is 3.35. The van der Waals surface area contributed by atoms with Crippen molar-refractivity contribution in [2.75, 3.05) is 50.8 Å². The van der Waals surface area contributed by atoms with E-state index in [1.165, 1.54) is 0 Å². The summed E-state index contributed by atoms with van der Waals surface area (Å²) in [6.45, 7) is 8.00. The first-order chi connectivity index (χ1) is 9.79. The highest BCUT2D eigenvalue weighted by atomic mass is 16.5. The smallest absolute Gasteiger partial charge is 0.225 e. The molecule has 0 bridgehead atoms. The lowest BCUT2D eigenvalue weighted by Gasteiger charge is -2.34. The predicted octanol–water partition coefficient (Wildman–Crippen LogP) is 0.513. The van der Waals surface area contributed by atoms with Crippen LogP contribution >= 0.6 is 0 Å². The van der Waals surface area contributed by atoms with Crippen LogP contribution in [0, 0.1) is 6.92 Å². The number of carbonyl (C=O) groups excluding carboxylic acids is 1. The number of rotatable bonds is 7. The van der Waals surface area contributed by atoms with E-state index >= 15 is 0 Å². The van der Waals surface area contributed by atoms with E-state index in [-0.39, 0.29) is 0 Å². The summed E-state index contributed by atoms with van der Waals surface area (Å²) < 4.78 is 5.39. The average molecular weight is 278 g/mol. The number of ether oxygens (including phenoxy) is 1. The zero-order chi connectivity index (χ0) is 14.2. The van der Waals surface area contributed by atoms with Gasteiger partial charge in [0.25, 0.3) is 0 Å². The fourth-order valence-electron chi connectivity index (χ4n) is 2.15. The molecule has 2 rings (SSSR count). The number of anilines is 1. The van der Waals surface area contributed by atoms with E-state index in [0.29, 0.717) is 19.6 Å². The van der Waals surface area contributed by atoms with Crippen molar-refractivity contribution >= 4 is 12.2 Å². The highest BCUT2D eigenvalue weighted by molar-refractivity contribution is 5.49. The Kier molecular flexibility index (Phi) is 5.88. The van der Waals surface area contributed by atoms with E-state index in [2.05, 4.69) is 19.8 Å². The van der Waals surface area contributed by atoms with Gasteiger partial charge in [-0.1, -0.05) is 0 Å². The third kappa shape index (κ3) is 4.54. The molecular weight excluding hydrogens is 256 g/mol. The van der Waals surface area contributed by atoms with Crippen molar-refractivity contribution in [2.45, 2.75) is 13.3 Å². The molecule has 1 aromatic heterocycles. The Hall–Kier alpha value is -1.53. The van der Waals surface area contributed by atoms with Gasteiger partial charge in [-0.15, -0.1) is 0 Å². The van der Waals surface area contributed by atoms with Crippen LogP contribution in [0.15, 0.2) is 12.4 Å². The monoisotopic (exact) mass is 278 g/mol. The lowest BCUT2D eigenvalue weighted by molar-refractivity contribution is -0.108. The number of aryl methyl sites for hydroxylation is 1. The first kappa shape index (κ1) is 14.9. The molecule has 0 spiro atoms. The van der Waals surface area contributed by atoms with Gasteiger partial charge in [0.15, 0.2) is 0 Å². The van der Waals surface area contributed by atoms with Crippen molar-refractivity contribution in [1.29, 1.82) is 0 Å². The van der Waals surface area contributed by atoms with Gasteiger partial charge in [-0.25, -0.2) is 9.97 Å². The van der Waals surface area contributed by atoms with Gasteiger partial charge < -0.3 is 14.4 Å². The summed E-state index contributed by atoms with van der Waals surface area (Å²) in [6, 6.07) is 0. The Labute approximate surface area is 119 Å². The normalized spacial score (nSPS) is 16.4. The zero-order valence-electron chi connectivity index (χ0n) is 12.0. The Morgan fingerprint density at radius 2 is 1.90 bits per heavy atom. The van der Waals surface area contributed by atoms with Gasteiger partial charge in [0, 0.05) is 51.5 Å². The quantitative estimate of drug-likeness (QED) is 0.535. The molecule has 20 heavy (non-hydrogen) atoms. The molecule has 1 aromatic rings. The van der Waals surface area contributed by atoms with Crippen LogP contribution in [0.5, 0.6) is 0 Å². The summed E-state index contributed by atoms with van der Waals surface area (Å²) in [5.41, 5.74) is 1.08. The molecule has 0 aliphatic carbocycles. The van der Waals surface area contributed by atoms with Crippen molar-refractivity contribution in [2.24, 2.45) is 0 Å². The molecule has 0 amide bonds. The van der Waals surface area contributed by atoms with Crippen LogP contribution < -0.4 is 4.90 Å². The Morgan fingerprint density at radius 3 is 2.55 bits per heavy atom. The summed E-state index contributed by atoms with van der Waals surface area (Å²) in [5.74, 6) is 0.817. The van der Waals surface area contributed by atoms with Gasteiger partial charge in [0.05, 0.1) is 13.2 Å². The Bertz CT molecular complexity index is 402. The third-order valence-corrected chi connectivity index (χ3v) is 3.35. The second-order valence-corrected chi connectivity index (χ2v) is 4.96. The number of carbonyl (C=O) groups is 1. The van der Waals surface area contributed by atoms with Crippen molar-refractivity contribution < 1.29 is 9.53 Å². The van der Waals surface area contributed by atoms with Crippen LogP contribution in [0.1, 0.15) is 12.0 Å². The molecule has 0 aromatic carbocycles. The highest BCUT2D eigenvalue weighted by Crippen LogP contribution is 2.10. The van der Waals surface area contributed by atoms with Crippen LogP contribution in [0.2, 0.25) is 0 Å². The van der Waals surface area contributed by atoms with Crippen LogP contribution in [-0.4, -0.2) is 67.1 Å². The molecule has 0 N–H and O–H groups in total. The first-order valence-electron chi connectivity index (χ1n) is 7.07. The minimum atomic E-state index is 0.485. The number of hydrogen-bond donors (Lipinski definition) is 0. The van der Waals surface area contributed by atoms with Gasteiger partial charge in [-0.05, 0) is 12.5 Å². The molecule has 6 heteroatoms. The van der Waals surface area contributed by atoms with Gasteiger partial charge in [0.1, 0.15) is 6.29 Å². The maximum atomic E-state index is 10.2. The SMILES string of the molecule is Cc1cnc(N2CCN(CCOCCC=O)CC2)nc1. The number of aromatic nitrogens is 2. The average Bonchev–Trinajstić information content (AvgIpc) is 2.49. The molecule has 0 atom stereocenters. The topological polar surface area (TPSA) is 58.6 Å². The van der Waals surface area contributed by atoms with E-state index in [0.717, 1.165) is 50.5 Å². The second kappa shape index (κ2) is 7.91. The molecule has 1 fully saturated rings. The van der Waals surface area contributed by atoms with Crippen LogP contribution in [0.3, 0.4) is 0 Å². The molecular formula is C14H22N4O2.